The van der Waals surface area contributed by atoms with E-state index in [4.69, 9.17) is 12.6 Å². The van der Waals surface area contributed by atoms with Crippen LogP contribution in [0.1, 0.15) is 26.2 Å². The van der Waals surface area contributed by atoms with Crippen LogP contribution in [0.3, 0.4) is 0 Å². The molecule has 0 amide bonds. The zero-order chi connectivity index (χ0) is 6.95. The van der Waals surface area contributed by atoms with Crippen LogP contribution in [0.25, 0.3) is 0 Å². The summed E-state index contributed by atoms with van der Waals surface area (Å²) in [7, 11) is 4.85. The lowest BCUT2D eigenvalue weighted by Gasteiger charge is -2.08. The Balaban J connectivity index is 0.000000187. The topological polar surface area (TPSA) is 9.23 Å². The van der Waals surface area contributed by atoms with Gasteiger partial charge in [0.1, 0.15) is 0 Å². The Kier molecular flexibility index (Phi) is 8.05. The van der Waals surface area contributed by atoms with Gasteiger partial charge in [-0.1, -0.05) is 13.2 Å². The Morgan fingerprint density at radius 3 is 1.78 bits per heavy atom. The average Bonchev–Trinajstić information content (AvgIpc) is 1.93. The van der Waals surface area contributed by atoms with Crippen molar-refractivity contribution >= 4 is 7.85 Å². The molecule has 2 radical (unpaired) electrons. The van der Waals surface area contributed by atoms with Crippen LogP contribution in [0.15, 0.2) is 0 Å². The highest BCUT2D eigenvalue weighted by Crippen LogP contribution is 2.02. The van der Waals surface area contributed by atoms with E-state index in [1.165, 1.54) is 19.3 Å². The molecule has 52 valence electrons. The summed E-state index contributed by atoms with van der Waals surface area (Å²) in [4.78, 5) is 0. The lowest BCUT2D eigenvalue weighted by molar-refractivity contribution is 0.0968. The summed E-state index contributed by atoms with van der Waals surface area (Å²) in [6.45, 7) is 3.90. The fourth-order valence-electron chi connectivity index (χ4n) is 0.687. The Morgan fingerprint density at radius 2 is 1.67 bits per heavy atom. The van der Waals surface area contributed by atoms with Gasteiger partial charge in [-0.15, -0.1) is 0 Å². The van der Waals surface area contributed by atoms with Crippen LogP contribution in [0.4, 0.5) is 0 Å². The maximum atomic E-state index is 5.07. The van der Waals surface area contributed by atoms with Gasteiger partial charge in [0.15, 0.2) is 0 Å². The number of rotatable bonds is 0. The lowest BCUT2D eigenvalue weighted by atomic mass is 10.1. The molecule has 1 saturated heterocycles. The maximum Gasteiger partial charge on any atom is 0.0649 e. The molecule has 0 N–H and O–H groups in total. The third-order valence-corrected chi connectivity index (χ3v) is 1.08. The fourth-order valence-corrected chi connectivity index (χ4v) is 0.687. The second-order valence-corrected chi connectivity index (χ2v) is 2.08. The Morgan fingerprint density at radius 1 is 1.22 bits per heavy atom. The molecule has 1 fully saturated rings. The van der Waals surface area contributed by atoms with Crippen molar-refractivity contribution in [1.29, 1.82) is 0 Å². The van der Waals surface area contributed by atoms with Crippen LogP contribution < -0.4 is 0 Å². The van der Waals surface area contributed by atoms with Crippen molar-refractivity contribution in [2.45, 2.75) is 32.5 Å². The van der Waals surface area contributed by atoms with Gasteiger partial charge in [0, 0.05) is 13.2 Å². The molecular weight excluding hydrogens is 111 g/mol. The first kappa shape index (κ1) is 9.02. The first-order chi connectivity index (χ1) is 4.41. The molecule has 9 heavy (non-hydrogen) atoms. The maximum absolute atomic E-state index is 5.07. The SMILES string of the molecule is C1CCOCC1.[B]CC. The van der Waals surface area contributed by atoms with Crippen molar-refractivity contribution < 1.29 is 4.74 Å². The molecule has 2 heteroatoms. The molecule has 0 aromatic heterocycles. The summed E-state index contributed by atoms with van der Waals surface area (Å²) in [6, 6.07) is 0. The molecule has 0 aliphatic carbocycles. The van der Waals surface area contributed by atoms with E-state index in [2.05, 4.69) is 0 Å². The first-order valence-electron chi connectivity index (χ1n) is 3.69. The average molecular weight is 126 g/mol. The second-order valence-electron chi connectivity index (χ2n) is 2.08. The van der Waals surface area contributed by atoms with E-state index >= 15 is 0 Å². The van der Waals surface area contributed by atoms with Crippen molar-refractivity contribution in [3.63, 3.8) is 0 Å². The highest BCUT2D eigenvalue weighted by Gasteiger charge is 1.94. The summed E-state index contributed by atoms with van der Waals surface area (Å²) in [5.41, 5.74) is 0. The number of hydrogen-bond acceptors (Lipinski definition) is 1. The van der Waals surface area contributed by atoms with Gasteiger partial charge in [0.2, 0.25) is 0 Å². The molecule has 0 aromatic carbocycles. The van der Waals surface area contributed by atoms with Crippen LogP contribution in [0.5, 0.6) is 0 Å². The Bertz CT molecular complexity index is 32.7. The minimum atomic E-state index is 0.750. The quantitative estimate of drug-likeness (QED) is 0.449. The minimum absolute atomic E-state index is 0.750. The molecule has 1 aliphatic heterocycles. The zero-order valence-electron chi connectivity index (χ0n) is 6.23. The van der Waals surface area contributed by atoms with Crippen molar-refractivity contribution in [3.8, 4) is 0 Å². The molecule has 1 rings (SSSR count). The van der Waals surface area contributed by atoms with Crippen LogP contribution in [0, 0.1) is 0 Å². The van der Waals surface area contributed by atoms with E-state index < -0.39 is 0 Å². The number of hydrogen-bond donors (Lipinski definition) is 0. The minimum Gasteiger partial charge on any atom is -0.381 e. The van der Waals surface area contributed by atoms with E-state index in [9.17, 15) is 0 Å². The standard InChI is InChI=1S/C5H10O.C2H5B/c1-2-4-6-5-3-1;1-2-3/h1-5H2;2H2,1H3. The molecule has 1 nitrogen and oxygen atoms in total. The van der Waals surface area contributed by atoms with E-state index in [1.54, 1.807) is 0 Å². The van der Waals surface area contributed by atoms with Gasteiger partial charge >= 0.3 is 0 Å². The summed E-state index contributed by atoms with van der Waals surface area (Å²) in [6.07, 6.45) is 4.68. The molecule has 1 aliphatic rings. The highest BCUT2D eigenvalue weighted by atomic mass is 16.5. The molecule has 0 aromatic rings. The molecular formula is C7H15BO. The van der Waals surface area contributed by atoms with Gasteiger partial charge in [-0.25, -0.2) is 0 Å². The first-order valence-corrected chi connectivity index (χ1v) is 3.69. The third kappa shape index (κ3) is 8.02. The van der Waals surface area contributed by atoms with Crippen LogP contribution in [-0.2, 0) is 4.74 Å². The summed E-state index contributed by atoms with van der Waals surface area (Å²) in [5.74, 6) is 0. The Hall–Kier alpha value is 0.0249. The van der Waals surface area contributed by atoms with Crippen LogP contribution in [-0.4, -0.2) is 21.1 Å². The van der Waals surface area contributed by atoms with Crippen molar-refractivity contribution in [3.05, 3.63) is 0 Å². The molecule has 0 unspecified atom stereocenters. The molecule has 0 saturated carbocycles. The van der Waals surface area contributed by atoms with E-state index in [-0.39, 0.29) is 0 Å². The van der Waals surface area contributed by atoms with E-state index in [0.717, 1.165) is 19.5 Å². The summed E-state index contributed by atoms with van der Waals surface area (Å²) >= 11 is 0. The van der Waals surface area contributed by atoms with Gasteiger partial charge in [-0.05, 0) is 19.3 Å². The zero-order valence-corrected chi connectivity index (χ0v) is 6.23. The molecule has 0 bridgehead atoms. The summed E-state index contributed by atoms with van der Waals surface area (Å²) in [5, 5.41) is 0. The predicted molar refractivity (Wildman–Crippen MR) is 40.9 cm³/mol. The van der Waals surface area contributed by atoms with Gasteiger partial charge in [-0.3, -0.25) is 0 Å². The van der Waals surface area contributed by atoms with Gasteiger partial charge in [-0.2, -0.15) is 0 Å². The molecule has 1 heterocycles. The van der Waals surface area contributed by atoms with Gasteiger partial charge < -0.3 is 4.74 Å². The van der Waals surface area contributed by atoms with Gasteiger partial charge in [0.05, 0.1) is 7.85 Å². The molecule has 0 atom stereocenters. The monoisotopic (exact) mass is 126 g/mol. The fraction of sp³-hybridized carbons (Fsp3) is 1.00. The highest BCUT2D eigenvalue weighted by molar-refractivity contribution is 6.08. The lowest BCUT2D eigenvalue weighted by Crippen LogP contribution is -2.03. The largest absolute Gasteiger partial charge is 0.381 e. The van der Waals surface area contributed by atoms with Crippen LogP contribution in [0.2, 0.25) is 6.32 Å². The predicted octanol–water partition coefficient (Wildman–Crippen LogP) is 1.78. The van der Waals surface area contributed by atoms with Crippen LogP contribution >= 0.6 is 0 Å². The van der Waals surface area contributed by atoms with Gasteiger partial charge in [0.25, 0.3) is 0 Å². The molecule has 0 spiro atoms. The van der Waals surface area contributed by atoms with Crippen molar-refractivity contribution in [1.82, 2.24) is 0 Å². The normalized spacial score (nSPS) is 17.9. The van der Waals surface area contributed by atoms with Crippen molar-refractivity contribution in [2.24, 2.45) is 0 Å². The van der Waals surface area contributed by atoms with E-state index in [1.807, 2.05) is 6.92 Å². The number of ether oxygens (including phenoxy) is 1. The smallest absolute Gasteiger partial charge is 0.0649 e. The van der Waals surface area contributed by atoms with Crippen molar-refractivity contribution in [2.75, 3.05) is 13.2 Å². The summed E-state index contributed by atoms with van der Waals surface area (Å²) < 4.78 is 5.07. The van der Waals surface area contributed by atoms with E-state index in [0.29, 0.717) is 0 Å². The third-order valence-electron chi connectivity index (χ3n) is 1.08. The Labute approximate surface area is 59.2 Å². The second kappa shape index (κ2) is 8.02.